The topological polar surface area (TPSA) is 21.3 Å². The highest BCUT2D eigenvalue weighted by Crippen LogP contribution is 2.34. The van der Waals surface area contributed by atoms with Crippen LogP contribution in [0.1, 0.15) is 37.6 Å². The first-order valence-corrected chi connectivity index (χ1v) is 6.62. The summed E-state index contributed by atoms with van der Waals surface area (Å²) in [5, 5.41) is 5.57. The number of rotatable bonds is 7. The quantitative estimate of drug-likeness (QED) is 0.731. The van der Waals surface area contributed by atoms with Gasteiger partial charge in [-0.2, -0.15) is 0 Å². The molecule has 3 heteroatoms. The zero-order valence-electron chi connectivity index (χ0n) is 10.4. The van der Waals surface area contributed by atoms with Gasteiger partial charge in [-0.25, -0.2) is 0 Å². The molecule has 0 aliphatic carbocycles. The molecule has 1 N–H and O–H groups in total. The molecule has 0 aromatic carbocycles. The number of hydrogen-bond acceptors (Lipinski definition) is 3. The lowest BCUT2D eigenvalue weighted by Gasteiger charge is -2.18. The summed E-state index contributed by atoms with van der Waals surface area (Å²) in [4.78, 5) is 1.28. The lowest BCUT2D eigenvalue weighted by Crippen LogP contribution is -2.20. The predicted molar refractivity (Wildman–Crippen MR) is 71.3 cm³/mol. The van der Waals surface area contributed by atoms with Crippen LogP contribution in [0.25, 0.3) is 0 Å². The third kappa shape index (κ3) is 3.35. The van der Waals surface area contributed by atoms with E-state index in [0.29, 0.717) is 6.04 Å². The van der Waals surface area contributed by atoms with Gasteiger partial charge in [-0.15, -0.1) is 11.3 Å². The minimum Gasteiger partial charge on any atom is -0.496 e. The van der Waals surface area contributed by atoms with Gasteiger partial charge in [-0.1, -0.05) is 26.0 Å². The molecule has 0 aliphatic rings. The minimum atomic E-state index is 0.340. The van der Waals surface area contributed by atoms with E-state index in [0.717, 1.165) is 25.1 Å². The van der Waals surface area contributed by atoms with Crippen LogP contribution in [0.15, 0.2) is 23.6 Å². The normalized spacial score (nSPS) is 12.4. The smallest absolute Gasteiger partial charge is 0.134 e. The average molecular weight is 239 g/mol. The van der Waals surface area contributed by atoms with Gasteiger partial charge in [0.15, 0.2) is 0 Å². The van der Waals surface area contributed by atoms with E-state index < -0.39 is 0 Å². The maximum atomic E-state index is 5.37. The zero-order chi connectivity index (χ0) is 12.0. The largest absolute Gasteiger partial charge is 0.496 e. The van der Waals surface area contributed by atoms with Gasteiger partial charge < -0.3 is 10.1 Å². The lowest BCUT2D eigenvalue weighted by molar-refractivity contribution is 0.403. The fraction of sp³-hybridized carbons (Fsp3) is 0.538. The summed E-state index contributed by atoms with van der Waals surface area (Å²) in [7, 11) is 1.73. The van der Waals surface area contributed by atoms with E-state index in [1.54, 1.807) is 18.4 Å². The van der Waals surface area contributed by atoms with Gasteiger partial charge in [0.1, 0.15) is 5.75 Å². The molecule has 1 aromatic rings. The van der Waals surface area contributed by atoms with Crippen molar-refractivity contribution in [3.8, 4) is 5.75 Å². The zero-order valence-corrected chi connectivity index (χ0v) is 11.2. The van der Waals surface area contributed by atoms with Crippen LogP contribution in [0.5, 0.6) is 5.75 Å². The van der Waals surface area contributed by atoms with Crippen molar-refractivity contribution in [2.75, 3.05) is 13.7 Å². The van der Waals surface area contributed by atoms with E-state index in [-0.39, 0.29) is 0 Å². The SMILES string of the molecule is C=C(CC)CC(NCC)c1sccc1OC. The number of nitrogens with one attached hydrogen (secondary N) is 1. The average Bonchev–Trinajstić information content (AvgIpc) is 2.76. The number of ether oxygens (including phenoxy) is 1. The Bertz CT molecular complexity index is 332. The Balaban J connectivity index is 2.80. The first kappa shape index (κ1) is 13.3. The van der Waals surface area contributed by atoms with Gasteiger partial charge in [0.2, 0.25) is 0 Å². The van der Waals surface area contributed by atoms with Crippen LogP contribution >= 0.6 is 11.3 Å². The summed E-state index contributed by atoms with van der Waals surface area (Å²) in [5.41, 5.74) is 1.28. The molecule has 0 radical (unpaired) electrons. The molecule has 16 heavy (non-hydrogen) atoms. The second-order valence-corrected chi connectivity index (χ2v) is 4.72. The molecular weight excluding hydrogens is 218 g/mol. The summed E-state index contributed by atoms with van der Waals surface area (Å²) in [6.45, 7) is 9.32. The molecule has 0 saturated carbocycles. The first-order chi connectivity index (χ1) is 7.72. The lowest BCUT2D eigenvalue weighted by atomic mass is 10.0. The molecule has 1 rings (SSSR count). The van der Waals surface area contributed by atoms with Crippen molar-refractivity contribution in [1.82, 2.24) is 5.32 Å². The van der Waals surface area contributed by atoms with E-state index in [1.807, 2.05) is 6.07 Å². The predicted octanol–water partition coefficient (Wildman–Crippen LogP) is 3.76. The van der Waals surface area contributed by atoms with E-state index in [4.69, 9.17) is 4.74 Å². The third-order valence-corrected chi connectivity index (χ3v) is 3.65. The highest BCUT2D eigenvalue weighted by molar-refractivity contribution is 7.10. The summed E-state index contributed by atoms with van der Waals surface area (Å²) in [6.07, 6.45) is 2.02. The van der Waals surface area contributed by atoms with Gasteiger partial charge in [0, 0.05) is 6.04 Å². The molecule has 1 aromatic heterocycles. The molecule has 0 aliphatic heterocycles. The Morgan fingerprint density at radius 2 is 2.31 bits per heavy atom. The fourth-order valence-corrected chi connectivity index (χ4v) is 2.61. The first-order valence-electron chi connectivity index (χ1n) is 5.74. The van der Waals surface area contributed by atoms with Crippen LogP contribution in [-0.4, -0.2) is 13.7 Å². The maximum Gasteiger partial charge on any atom is 0.134 e. The molecule has 90 valence electrons. The summed E-state index contributed by atoms with van der Waals surface area (Å²) >= 11 is 1.75. The summed E-state index contributed by atoms with van der Waals surface area (Å²) in [5.74, 6) is 0.986. The monoisotopic (exact) mass is 239 g/mol. The van der Waals surface area contributed by atoms with Gasteiger partial charge in [0.05, 0.1) is 12.0 Å². The van der Waals surface area contributed by atoms with E-state index in [9.17, 15) is 0 Å². The molecule has 0 bridgehead atoms. The van der Waals surface area contributed by atoms with Gasteiger partial charge in [0.25, 0.3) is 0 Å². The molecule has 0 saturated heterocycles. The van der Waals surface area contributed by atoms with Crippen molar-refractivity contribution in [1.29, 1.82) is 0 Å². The Labute approximate surface area is 102 Å². The third-order valence-electron chi connectivity index (χ3n) is 2.64. The van der Waals surface area contributed by atoms with Gasteiger partial charge >= 0.3 is 0 Å². The summed E-state index contributed by atoms with van der Waals surface area (Å²) in [6, 6.07) is 2.37. The van der Waals surface area contributed by atoms with Gasteiger partial charge in [-0.3, -0.25) is 0 Å². The van der Waals surface area contributed by atoms with E-state index >= 15 is 0 Å². The van der Waals surface area contributed by atoms with Crippen molar-refractivity contribution in [2.45, 2.75) is 32.7 Å². The highest BCUT2D eigenvalue weighted by Gasteiger charge is 2.17. The fourth-order valence-electron chi connectivity index (χ4n) is 1.67. The van der Waals surface area contributed by atoms with Crippen LogP contribution in [0.4, 0.5) is 0 Å². The second kappa shape index (κ2) is 6.71. The maximum absolute atomic E-state index is 5.37. The van der Waals surface area contributed by atoms with E-state index in [2.05, 4.69) is 31.1 Å². The molecule has 0 spiro atoms. The number of methoxy groups -OCH3 is 1. The molecule has 0 amide bonds. The Morgan fingerprint density at radius 1 is 1.56 bits per heavy atom. The second-order valence-electron chi connectivity index (χ2n) is 3.77. The molecular formula is C13H21NOS. The minimum absolute atomic E-state index is 0.340. The number of hydrogen-bond donors (Lipinski definition) is 1. The van der Waals surface area contributed by atoms with Crippen molar-refractivity contribution in [3.05, 3.63) is 28.5 Å². The molecule has 1 heterocycles. The molecule has 1 unspecified atom stereocenters. The van der Waals surface area contributed by atoms with Gasteiger partial charge in [-0.05, 0) is 30.8 Å². The van der Waals surface area contributed by atoms with Crippen molar-refractivity contribution in [2.24, 2.45) is 0 Å². The van der Waals surface area contributed by atoms with Crippen molar-refractivity contribution in [3.63, 3.8) is 0 Å². The van der Waals surface area contributed by atoms with Crippen LogP contribution < -0.4 is 10.1 Å². The standard InChI is InChI=1S/C13H21NOS/c1-5-10(3)9-11(14-6-2)13-12(15-4)7-8-16-13/h7-8,11,14H,3,5-6,9H2,1-2,4H3. The number of thiophene rings is 1. The molecule has 2 nitrogen and oxygen atoms in total. The highest BCUT2D eigenvalue weighted by atomic mass is 32.1. The Morgan fingerprint density at radius 3 is 2.88 bits per heavy atom. The van der Waals surface area contributed by atoms with Crippen LogP contribution in [0.2, 0.25) is 0 Å². The summed E-state index contributed by atoms with van der Waals surface area (Å²) < 4.78 is 5.37. The van der Waals surface area contributed by atoms with E-state index in [1.165, 1.54) is 10.5 Å². The van der Waals surface area contributed by atoms with Crippen LogP contribution in [0, 0.1) is 0 Å². The Kier molecular flexibility index (Phi) is 5.56. The van der Waals surface area contributed by atoms with Crippen LogP contribution in [0.3, 0.4) is 0 Å². The molecule has 1 atom stereocenters. The van der Waals surface area contributed by atoms with Crippen molar-refractivity contribution < 1.29 is 4.74 Å². The van der Waals surface area contributed by atoms with Crippen LogP contribution in [-0.2, 0) is 0 Å². The van der Waals surface area contributed by atoms with Crippen molar-refractivity contribution >= 4 is 11.3 Å². The Hall–Kier alpha value is -0.800. The molecule has 0 fully saturated rings.